The van der Waals surface area contributed by atoms with Gasteiger partial charge < -0.3 is 10.2 Å². The third kappa shape index (κ3) is 3.44. The number of thioether (sulfide) groups is 1. The first-order valence-electron chi connectivity index (χ1n) is 5.87. The molecule has 2 rings (SSSR count). The Morgan fingerprint density at radius 2 is 1.93 bits per heavy atom. The second kappa shape index (κ2) is 5.38. The van der Waals surface area contributed by atoms with Gasteiger partial charge in [0, 0.05) is 25.2 Å². The van der Waals surface area contributed by atoms with Crippen LogP contribution in [0.2, 0.25) is 0 Å². The number of rotatable bonds is 5. The Hall–Kier alpha value is 0.270. The summed E-state index contributed by atoms with van der Waals surface area (Å²) in [6, 6.07) is 1.72. The smallest absolute Gasteiger partial charge is 0.0107 e. The van der Waals surface area contributed by atoms with Crippen LogP contribution in [0.1, 0.15) is 25.7 Å². The number of nitrogens with one attached hydrogen (secondary N) is 1. The van der Waals surface area contributed by atoms with Gasteiger partial charge in [-0.1, -0.05) is 0 Å². The van der Waals surface area contributed by atoms with E-state index in [-0.39, 0.29) is 0 Å². The molecule has 1 saturated heterocycles. The van der Waals surface area contributed by atoms with Gasteiger partial charge in [0.1, 0.15) is 0 Å². The van der Waals surface area contributed by atoms with Gasteiger partial charge in [-0.2, -0.15) is 11.8 Å². The molecule has 0 aromatic heterocycles. The van der Waals surface area contributed by atoms with Crippen molar-refractivity contribution in [3.63, 3.8) is 0 Å². The average Bonchev–Trinajstić information content (AvgIpc) is 3.02. The molecule has 1 N–H and O–H groups in total. The Morgan fingerprint density at radius 3 is 2.57 bits per heavy atom. The Labute approximate surface area is 91.8 Å². The number of nitrogens with zero attached hydrogens (tertiary/aromatic N) is 1. The van der Waals surface area contributed by atoms with E-state index in [1.165, 1.54) is 50.3 Å². The van der Waals surface area contributed by atoms with Crippen LogP contribution in [0.15, 0.2) is 0 Å². The lowest BCUT2D eigenvalue weighted by molar-refractivity contribution is 0.311. The fraction of sp³-hybridized carbons (Fsp3) is 1.00. The average molecular weight is 214 g/mol. The molecule has 2 aliphatic rings. The fourth-order valence-corrected chi connectivity index (χ4v) is 3.15. The van der Waals surface area contributed by atoms with Gasteiger partial charge in [-0.25, -0.2) is 0 Å². The molecule has 0 amide bonds. The third-order valence-electron chi connectivity index (χ3n) is 3.29. The topological polar surface area (TPSA) is 15.3 Å². The maximum absolute atomic E-state index is 3.68. The van der Waals surface area contributed by atoms with E-state index in [0.717, 1.165) is 12.1 Å². The van der Waals surface area contributed by atoms with Gasteiger partial charge in [0.2, 0.25) is 0 Å². The molecule has 3 heteroatoms. The highest BCUT2D eigenvalue weighted by Crippen LogP contribution is 2.24. The van der Waals surface area contributed by atoms with Crippen molar-refractivity contribution >= 4 is 11.8 Å². The van der Waals surface area contributed by atoms with Crippen LogP contribution in [-0.4, -0.2) is 48.6 Å². The van der Waals surface area contributed by atoms with E-state index in [1.54, 1.807) is 0 Å². The summed E-state index contributed by atoms with van der Waals surface area (Å²) in [6.45, 7) is 2.41. The predicted octanol–water partition coefficient (Wildman–Crippen LogP) is 1.57. The highest BCUT2D eigenvalue weighted by Gasteiger charge is 2.25. The van der Waals surface area contributed by atoms with E-state index in [1.807, 2.05) is 0 Å². The van der Waals surface area contributed by atoms with Crippen molar-refractivity contribution in [1.29, 1.82) is 0 Å². The van der Waals surface area contributed by atoms with Gasteiger partial charge in [0.25, 0.3) is 0 Å². The van der Waals surface area contributed by atoms with Gasteiger partial charge in [-0.15, -0.1) is 0 Å². The minimum atomic E-state index is 0.809. The zero-order chi connectivity index (χ0) is 9.80. The van der Waals surface area contributed by atoms with E-state index in [4.69, 9.17) is 0 Å². The van der Waals surface area contributed by atoms with Crippen LogP contribution in [0.5, 0.6) is 0 Å². The summed E-state index contributed by atoms with van der Waals surface area (Å²) < 4.78 is 0. The van der Waals surface area contributed by atoms with Gasteiger partial charge in [0.05, 0.1) is 0 Å². The zero-order valence-electron chi connectivity index (χ0n) is 9.17. The minimum absolute atomic E-state index is 0.809. The summed E-state index contributed by atoms with van der Waals surface area (Å²) in [4.78, 5) is 2.50. The van der Waals surface area contributed by atoms with Crippen molar-refractivity contribution < 1.29 is 0 Å². The molecular formula is C11H22N2S. The molecule has 0 bridgehead atoms. The summed E-state index contributed by atoms with van der Waals surface area (Å²) in [7, 11) is 2.26. The number of hydrogen-bond donors (Lipinski definition) is 1. The summed E-state index contributed by atoms with van der Waals surface area (Å²) in [6.07, 6.45) is 5.60. The number of hydrogen-bond acceptors (Lipinski definition) is 3. The van der Waals surface area contributed by atoms with Gasteiger partial charge in [-0.05, 0) is 44.2 Å². The lowest BCUT2D eigenvalue weighted by Gasteiger charge is -2.24. The van der Waals surface area contributed by atoms with Crippen molar-refractivity contribution in [3.8, 4) is 0 Å². The van der Waals surface area contributed by atoms with Crippen LogP contribution in [0.25, 0.3) is 0 Å². The van der Waals surface area contributed by atoms with E-state index >= 15 is 0 Å². The molecule has 2 nitrogen and oxygen atoms in total. The van der Waals surface area contributed by atoms with E-state index < -0.39 is 0 Å². The van der Waals surface area contributed by atoms with E-state index in [2.05, 4.69) is 29.0 Å². The first kappa shape index (κ1) is 10.8. The van der Waals surface area contributed by atoms with Crippen molar-refractivity contribution in [1.82, 2.24) is 10.2 Å². The van der Waals surface area contributed by atoms with E-state index in [9.17, 15) is 0 Å². The van der Waals surface area contributed by atoms with Crippen LogP contribution >= 0.6 is 11.8 Å². The van der Waals surface area contributed by atoms with Crippen molar-refractivity contribution in [2.75, 3.05) is 31.6 Å². The van der Waals surface area contributed by atoms with Crippen LogP contribution < -0.4 is 5.32 Å². The van der Waals surface area contributed by atoms with Crippen LogP contribution in [0, 0.1) is 0 Å². The third-order valence-corrected chi connectivity index (χ3v) is 4.34. The fourth-order valence-electron chi connectivity index (χ4n) is 2.04. The van der Waals surface area contributed by atoms with Crippen LogP contribution in [0.4, 0.5) is 0 Å². The standard InChI is InChI=1S/C11H22N2S/c1-13(11-2-3-11)7-6-12-10-4-8-14-9-5-10/h10-12H,2-9H2,1H3. The quantitative estimate of drug-likeness (QED) is 0.748. The SMILES string of the molecule is CN(CCNC1CCSCC1)C1CC1. The second-order valence-electron chi connectivity index (χ2n) is 4.55. The molecule has 0 unspecified atom stereocenters. The summed E-state index contributed by atoms with van der Waals surface area (Å²) in [5.74, 6) is 2.71. The molecule has 0 radical (unpaired) electrons. The van der Waals surface area contributed by atoms with Gasteiger partial charge in [0.15, 0.2) is 0 Å². The molecule has 1 heterocycles. The molecule has 14 heavy (non-hydrogen) atoms. The lowest BCUT2D eigenvalue weighted by Crippen LogP contribution is -2.38. The normalized spacial score (nSPS) is 24.4. The molecule has 1 aliphatic carbocycles. The highest BCUT2D eigenvalue weighted by atomic mass is 32.2. The molecule has 0 atom stereocenters. The molecule has 0 aromatic rings. The maximum atomic E-state index is 3.68. The molecule has 0 aromatic carbocycles. The lowest BCUT2D eigenvalue weighted by atomic mass is 10.1. The van der Waals surface area contributed by atoms with Crippen LogP contribution in [-0.2, 0) is 0 Å². The van der Waals surface area contributed by atoms with E-state index in [0.29, 0.717) is 0 Å². The Bertz CT molecular complexity index is 165. The molecule has 2 fully saturated rings. The zero-order valence-corrected chi connectivity index (χ0v) is 9.98. The maximum Gasteiger partial charge on any atom is 0.0107 e. The molecule has 1 aliphatic heterocycles. The molecule has 82 valence electrons. The number of likely N-dealkylation sites (N-methyl/N-ethyl adjacent to an activating group) is 1. The predicted molar refractivity (Wildman–Crippen MR) is 64.0 cm³/mol. The van der Waals surface area contributed by atoms with Crippen molar-refractivity contribution in [2.24, 2.45) is 0 Å². The van der Waals surface area contributed by atoms with Crippen molar-refractivity contribution in [3.05, 3.63) is 0 Å². The van der Waals surface area contributed by atoms with Crippen LogP contribution in [0.3, 0.4) is 0 Å². The summed E-state index contributed by atoms with van der Waals surface area (Å²) >= 11 is 2.10. The van der Waals surface area contributed by atoms with Crippen molar-refractivity contribution in [2.45, 2.75) is 37.8 Å². The Morgan fingerprint density at radius 1 is 1.21 bits per heavy atom. The summed E-state index contributed by atoms with van der Waals surface area (Å²) in [5, 5.41) is 3.68. The first-order valence-corrected chi connectivity index (χ1v) is 7.03. The summed E-state index contributed by atoms with van der Waals surface area (Å²) in [5.41, 5.74) is 0. The largest absolute Gasteiger partial charge is 0.313 e. The highest BCUT2D eigenvalue weighted by molar-refractivity contribution is 7.99. The Balaban J connectivity index is 1.52. The van der Waals surface area contributed by atoms with Gasteiger partial charge in [-0.3, -0.25) is 0 Å². The first-order chi connectivity index (χ1) is 6.86. The molecular weight excluding hydrogens is 192 g/mol. The minimum Gasteiger partial charge on any atom is -0.313 e. The second-order valence-corrected chi connectivity index (χ2v) is 5.78. The Kier molecular flexibility index (Phi) is 4.14. The molecule has 1 saturated carbocycles. The monoisotopic (exact) mass is 214 g/mol. The van der Waals surface area contributed by atoms with Gasteiger partial charge >= 0.3 is 0 Å². The molecule has 0 spiro atoms.